The van der Waals surface area contributed by atoms with Crippen LogP contribution in [0, 0.1) is 0 Å². The number of nitrogens with zero attached hydrogens (tertiary/aromatic N) is 1. The summed E-state index contributed by atoms with van der Waals surface area (Å²) in [7, 11) is 1.24. The molecule has 0 aliphatic heterocycles. The standard InChI is InChI=1S/C70H127N2O6P/c1-6-8-10-12-14-16-18-20-22-24-26-28-30-32-34-36-38-40-42-44-46-48-50-52-54-56-58-60-62-64-70(74)71-68(67-78-79(75,76)77-66-65-72(3,4)5)69(73)63-61-59-57-55-53-51-49-47-45-43-41-39-37-35-33-31-29-27-25-23-21-19-17-15-13-11-9-7-2/h8,10,14,16,20,22,26,28,32,34,38,40,53,55,61,63,68-69,73H,6-7,9,11-13,15,17-19,21,23-25,27,29-31,33,35-37,39,41-52,54,56-60,62,64-67H2,1-5H3,(H-,71,74,75,76)/b10-8-,16-14-,22-20-,28-26-,34-32-,40-38-,55-53+,63-61+. The Morgan fingerprint density at radius 3 is 1.18 bits per heavy atom. The van der Waals surface area contributed by atoms with E-state index in [1.165, 1.54) is 186 Å². The van der Waals surface area contributed by atoms with Crippen LogP contribution in [0.15, 0.2) is 97.2 Å². The highest BCUT2D eigenvalue weighted by molar-refractivity contribution is 7.45. The summed E-state index contributed by atoms with van der Waals surface area (Å²) in [4.78, 5) is 25.6. The van der Waals surface area contributed by atoms with E-state index in [1.54, 1.807) is 6.08 Å². The van der Waals surface area contributed by atoms with Crippen molar-refractivity contribution in [3.8, 4) is 0 Å². The third-order valence-electron chi connectivity index (χ3n) is 14.5. The molecule has 0 saturated heterocycles. The Labute approximate surface area is 489 Å². The average molecular weight is 1120 g/mol. The van der Waals surface area contributed by atoms with Crippen molar-refractivity contribution >= 4 is 13.7 Å². The van der Waals surface area contributed by atoms with E-state index >= 15 is 0 Å². The van der Waals surface area contributed by atoms with Gasteiger partial charge in [0.05, 0.1) is 39.9 Å². The van der Waals surface area contributed by atoms with Gasteiger partial charge in [-0.15, -0.1) is 0 Å². The van der Waals surface area contributed by atoms with Gasteiger partial charge in [0.15, 0.2) is 0 Å². The van der Waals surface area contributed by atoms with E-state index in [0.717, 1.165) is 83.5 Å². The summed E-state index contributed by atoms with van der Waals surface area (Å²) in [5, 5.41) is 13.9. The van der Waals surface area contributed by atoms with Gasteiger partial charge in [0, 0.05) is 6.42 Å². The van der Waals surface area contributed by atoms with Gasteiger partial charge < -0.3 is 28.8 Å². The molecule has 0 aromatic heterocycles. The highest BCUT2D eigenvalue weighted by Gasteiger charge is 2.23. The highest BCUT2D eigenvalue weighted by atomic mass is 31.2. The molecule has 1 amide bonds. The Morgan fingerprint density at radius 1 is 0.456 bits per heavy atom. The summed E-state index contributed by atoms with van der Waals surface area (Å²) >= 11 is 0. The lowest BCUT2D eigenvalue weighted by molar-refractivity contribution is -0.870. The first-order chi connectivity index (χ1) is 38.5. The van der Waals surface area contributed by atoms with Crippen LogP contribution < -0.4 is 10.2 Å². The number of carbonyl (C=O) groups is 1. The van der Waals surface area contributed by atoms with E-state index < -0.39 is 26.6 Å². The first-order valence-electron chi connectivity index (χ1n) is 33.1. The smallest absolute Gasteiger partial charge is 0.268 e. The SMILES string of the molecule is CC/C=C\C/C=C\C/C=C\C/C=C\C/C=C\C/C=C\CCCCCCCCCCCCC(=O)NC(COP(=O)([O-])OCC[N+](C)(C)C)C(O)/C=C/CC/C=C/CCCCCCCCCCCCCCCCCCCCCCCC. The third-order valence-corrected chi connectivity index (χ3v) is 15.5. The molecule has 3 unspecified atom stereocenters. The molecule has 0 rings (SSSR count). The Bertz CT molecular complexity index is 1610. The summed E-state index contributed by atoms with van der Waals surface area (Å²) < 4.78 is 23.4. The van der Waals surface area contributed by atoms with Gasteiger partial charge in [0.2, 0.25) is 5.91 Å². The van der Waals surface area contributed by atoms with Crippen LogP contribution in [-0.2, 0) is 18.4 Å². The number of amides is 1. The fraction of sp³-hybridized carbons (Fsp3) is 0.757. The lowest BCUT2D eigenvalue weighted by atomic mass is 10.0. The molecule has 0 aromatic rings. The van der Waals surface area contributed by atoms with Crippen LogP contribution >= 0.6 is 7.82 Å². The number of hydrogen-bond donors (Lipinski definition) is 2. The molecular weight excluding hydrogens is 996 g/mol. The van der Waals surface area contributed by atoms with E-state index in [0.29, 0.717) is 17.4 Å². The second-order valence-electron chi connectivity index (χ2n) is 23.4. The fourth-order valence-corrected chi connectivity index (χ4v) is 10.1. The maximum Gasteiger partial charge on any atom is 0.268 e. The number of allylic oxidation sites excluding steroid dienone is 15. The van der Waals surface area contributed by atoms with Gasteiger partial charge >= 0.3 is 0 Å². The van der Waals surface area contributed by atoms with Crippen LogP contribution in [0.5, 0.6) is 0 Å². The van der Waals surface area contributed by atoms with Crippen LogP contribution in [0.1, 0.15) is 290 Å². The monoisotopic (exact) mass is 1120 g/mol. The first-order valence-corrected chi connectivity index (χ1v) is 34.6. The van der Waals surface area contributed by atoms with Gasteiger partial charge in [-0.25, -0.2) is 0 Å². The summed E-state index contributed by atoms with van der Waals surface area (Å²) in [5.41, 5.74) is 0. The molecule has 79 heavy (non-hydrogen) atoms. The molecule has 0 aliphatic rings. The molecular formula is C70H127N2O6P. The zero-order valence-electron chi connectivity index (χ0n) is 52.3. The number of aliphatic hydroxyl groups is 1. The number of phosphoric ester groups is 1. The van der Waals surface area contributed by atoms with Crippen molar-refractivity contribution in [2.24, 2.45) is 0 Å². The van der Waals surface area contributed by atoms with Crippen molar-refractivity contribution in [1.29, 1.82) is 0 Å². The molecule has 0 radical (unpaired) electrons. The van der Waals surface area contributed by atoms with Crippen molar-refractivity contribution < 1.29 is 32.9 Å². The number of nitrogens with one attached hydrogen (secondary N) is 1. The number of phosphoric acid groups is 1. The molecule has 2 N–H and O–H groups in total. The molecule has 0 fully saturated rings. The van der Waals surface area contributed by atoms with E-state index in [9.17, 15) is 19.4 Å². The molecule has 3 atom stereocenters. The molecule has 458 valence electrons. The second-order valence-corrected chi connectivity index (χ2v) is 24.8. The Morgan fingerprint density at radius 2 is 0.785 bits per heavy atom. The van der Waals surface area contributed by atoms with Gasteiger partial charge in [-0.05, 0) is 83.5 Å². The minimum atomic E-state index is -4.62. The summed E-state index contributed by atoms with van der Waals surface area (Å²) in [6.45, 7) is 4.53. The Kier molecular flexibility index (Phi) is 58.1. The Balaban J connectivity index is 4.19. The van der Waals surface area contributed by atoms with Crippen LogP contribution in [-0.4, -0.2) is 68.5 Å². The van der Waals surface area contributed by atoms with Gasteiger partial charge in [0.1, 0.15) is 13.2 Å². The van der Waals surface area contributed by atoms with E-state index in [4.69, 9.17) is 9.05 Å². The van der Waals surface area contributed by atoms with E-state index in [-0.39, 0.29) is 12.5 Å². The van der Waals surface area contributed by atoms with Crippen LogP contribution in [0.4, 0.5) is 0 Å². The summed E-state index contributed by atoms with van der Waals surface area (Å²) in [6, 6.07) is -0.914. The van der Waals surface area contributed by atoms with Crippen molar-refractivity contribution in [3.63, 3.8) is 0 Å². The largest absolute Gasteiger partial charge is 0.756 e. The minimum Gasteiger partial charge on any atom is -0.756 e. The topological polar surface area (TPSA) is 108 Å². The fourth-order valence-electron chi connectivity index (χ4n) is 9.41. The van der Waals surface area contributed by atoms with Gasteiger partial charge in [-0.2, -0.15) is 0 Å². The number of carbonyl (C=O) groups excluding carboxylic acids is 1. The molecule has 0 bridgehead atoms. The molecule has 9 heteroatoms. The minimum absolute atomic E-state index is 0.0113. The van der Waals surface area contributed by atoms with Gasteiger partial charge in [-0.3, -0.25) is 9.36 Å². The number of hydrogen-bond acceptors (Lipinski definition) is 6. The number of quaternary nitrogens is 1. The normalized spacial score (nSPS) is 14.4. The van der Waals surface area contributed by atoms with Crippen molar-refractivity contribution in [3.05, 3.63) is 97.2 Å². The predicted octanol–water partition coefficient (Wildman–Crippen LogP) is 20.3. The molecule has 8 nitrogen and oxygen atoms in total. The third kappa shape index (κ3) is 62.9. The lowest BCUT2D eigenvalue weighted by Gasteiger charge is -2.29. The predicted molar refractivity (Wildman–Crippen MR) is 343 cm³/mol. The summed E-state index contributed by atoms with van der Waals surface area (Å²) in [5.74, 6) is -0.213. The number of rotatable bonds is 60. The Hall–Kier alpha value is -2.58. The van der Waals surface area contributed by atoms with Crippen molar-refractivity contribution in [2.75, 3.05) is 40.9 Å². The second kappa shape index (κ2) is 60.0. The quantitative estimate of drug-likeness (QED) is 0.0272. The number of aliphatic hydroxyl groups excluding tert-OH is 1. The maximum absolute atomic E-state index is 13.0. The average Bonchev–Trinajstić information content (AvgIpc) is 3.42. The lowest BCUT2D eigenvalue weighted by Crippen LogP contribution is -2.45. The zero-order chi connectivity index (χ0) is 57.7. The molecule has 0 saturated carbocycles. The molecule has 0 aromatic carbocycles. The summed E-state index contributed by atoms with van der Waals surface area (Å²) in [6.07, 6.45) is 86.6. The van der Waals surface area contributed by atoms with Crippen LogP contribution in [0.2, 0.25) is 0 Å². The molecule has 0 aliphatic carbocycles. The first kappa shape index (κ1) is 76.4. The maximum atomic E-state index is 13.0. The van der Waals surface area contributed by atoms with E-state index in [2.05, 4.69) is 104 Å². The van der Waals surface area contributed by atoms with E-state index in [1.807, 2.05) is 27.2 Å². The molecule has 0 spiro atoms. The van der Waals surface area contributed by atoms with Gasteiger partial charge in [-0.1, -0.05) is 297 Å². The highest BCUT2D eigenvalue weighted by Crippen LogP contribution is 2.38. The van der Waals surface area contributed by atoms with Crippen molar-refractivity contribution in [2.45, 2.75) is 302 Å². The van der Waals surface area contributed by atoms with Crippen LogP contribution in [0.25, 0.3) is 0 Å². The number of unbranched alkanes of at least 4 members (excludes halogenated alkanes) is 33. The van der Waals surface area contributed by atoms with Gasteiger partial charge in [0.25, 0.3) is 7.82 Å². The zero-order valence-corrected chi connectivity index (χ0v) is 53.2. The van der Waals surface area contributed by atoms with Crippen molar-refractivity contribution in [1.82, 2.24) is 5.32 Å². The molecule has 0 heterocycles. The van der Waals surface area contributed by atoms with Crippen LogP contribution in [0.3, 0.4) is 0 Å². The number of likely N-dealkylation sites (N-methyl/N-ethyl adjacent to an activating group) is 1.